The molecule has 2 amide bonds. The Hall–Kier alpha value is -4.16. The Morgan fingerprint density at radius 2 is 1.85 bits per heavy atom. The van der Waals surface area contributed by atoms with Crippen LogP contribution in [-0.2, 0) is 9.53 Å². The summed E-state index contributed by atoms with van der Waals surface area (Å²) >= 11 is 1.19. The van der Waals surface area contributed by atoms with Crippen LogP contribution in [0, 0.1) is 25.2 Å². The molecule has 0 bridgehead atoms. The van der Waals surface area contributed by atoms with Gasteiger partial charge >= 0.3 is 5.97 Å². The van der Waals surface area contributed by atoms with E-state index in [9.17, 15) is 24.4 Å². The molecule has 4 rings (SSSR count). The van der Waals surface area contributed by atoms with Crippen molar-refractivity contribution < 1.29 is 23.9 Å². The number of carbonyl (C=O) groups excluding carboxylic acids is 4. The van der Waals surface area contributed by atoms with Gasteiger partial charge in [0.05, 0.1) is 28.4 Å². The van der Waals surface area contributed by atoms with E-state index in [1.807, 2.05) is 6.07 Å². The van der Waals surface area contributed by atoms with Crippen molar-refractivity contribution in [3.63, 3.8) is 0 Å². The number of benzene rings is 2. The number of nitriles is 1. The van der Waals surface area contributed by atoms with Gasteiger partial charge in [-0.1, -0.05) is 18.2 Å². The Bertz CT molecular complexity index is 1350. The van der Waals surface area contributed by atoms with Crippen LogP contribution < -0.4 is 4.90 Å². The summed E-state index contributed by atoms with van der Waals surface area (Å²) in [5, 5.41) is 11.4. The van der Waals surface area contributed by atoms with E-state index in [1.165, 1.54) is 29.5 Å². The van der Waals surface area contributed by atoms with Crippen molar-refractivity contribution in [2.45, 2.75) is 19.8 Å². The number of anilines is 1. The highest BCUT2D eigenvalue weighted by atomic mass is 32.1. The zero-order valence-electron chi connectivity index (χ0n) is 17.7. The first kappa shape index (κ1) is 22.0. The number of amides is 2. The summed E-state index contributed by atoms with van der Waals surface area (Å²) < 4.78 is 5.08. The molecular formula is C24H17N3O5S. The lowest BCUT2D eigenvalue weighted by molar-refractivity contribution is -0.122. The number of Topliss-reactive ketones (excluding diaryl/α,β-unsaturated/α-hetero) is 1. The molecule has 2 aromatic carbocycles. The van der Waals surface area contributed by atoms with Crippen LogP contribution in [0.1, 0.15) is 53.3 Å². The molecule has 8 nitrogen and oxygen atoms in total. The normalized spacial score (nSPS) is 13.4. The summed E-state index contributed by atoms with van der Waals surface area (Å²) in [6.45, 7) is 2.92. The van der Waals surface area contributed by atoms with E-state index in [2.05, 4.69) is 4.98 Å². The van der Waals surface area contributed by atoms with Gasteiger partial charge in [-0.2, -0.15) is 5.26 Å². The average molecular weight is 459 g/mol. The zero-order valence-corrected chi connectivity index (χ0v) is 18.5. The van der Waals surface area contributed by atoms with Gasteiger partial charge in [0.15, 0.2) is 18.3 Å². The number of thiazole rings is 1. The second-order valence-electron chi connectivity index (χ2n) is 7.42. The highest BCUT2D eigenvalue weighted by Gasteiger charge is 2.38. The molecule has 1 aliphatic heterocycles. The fraction of sp³-hybridized carbons (Fsp3) is 0.167. The molecule has 0 saturated carbocycles. The number of ether oxygens (including phenoxy) is 1. The summed E-state index contributed by atoms with van der Waals surface area (Å²) in [4.78, 5) is 55.9. The van der Waals surface area contributed by atoms with Crippen molar-refractivity contribution >= 4 is 40.6 Å². The van der Waals surface area contributed by atoms with E-state index in [0.717, 1.165) is 10.5 Å². The van der Waals surface area contributed by atoms with Crippen molar-refractivity contribution in [1.82, 2.24) is 4.98 Å². The van der Waals surface area contributed by atoms with Crippen LogP contribution in [0.5, 0.6) is 0 Å². The van der Waals surface area contributed by atoms with E-state index in [4.69, 9.17) is 4.74 Å². The van der Waals surface area contributed by atoms with Gasteiger partial charge in [0, 0.05) is 11.1 Å². The monoisotopic (exact) mass is 459 g/mol. The van der Waals surface area contributed by atoms with Crippen LogP contribution in [0.15, 0.2) is 47.8 Å². The summed E-state index contributed by atoms with van der Waals surface area (Å²) in [6.07, 6.45) is 0. The molecule has 0 radical (unpaired) electrons. The van der Waals surface area contributed by atoms with Crippen molar-refractivity contribution in [1.29, 1.82) is 5.26 Å². The predicted molar refractivity (Wildman–Crippen MR) is 119 cm³/mol. The van der Waals surface area contributed by atoms with Crippen LogP contribution in [-0.4, -0.2) is 35.2 Å². The van der Waals surface area contributed by atoms with Crippen LogP contribution in [0.4, 0.5) is 5.69 Å². The molecule has 3 aromatic rings. The zero-order chi connectivity index (χ0) is 23.7. The molecule has 0 spiro atoms. The number of imide groups is 1. The number of esters is 1. The third kappa shape index (κ3) is 4.04. The smallest absolute Gasteiger partial charge is 0.338 e. The average Bonchev–Trinajstić information content (AvgIpc) is 3.34. The maximum atomic E-state index is 12.9. The maximum Gasteiger partial charge on any atom is 0.338 e. The summed E-state index contributed by atoms with van der Waals surface area (Å²) in [7, 11) is 0. The fourth-order valence-corrected chi connectivity index (χ4v) is 4.33. The van der Waals surface area contributed by atoms with Gasteiger partial charge in [0.25, 0.3) is 11.8 Å². The molecule has 2 heterocycles. The molecule has 0 aliphatic carbocycles. The van der Waals surface area contributed by atoms with E-state index in [1.54, 1.807) is 43.5 Å². The van der Waals surface area contributed by atoms with Crippen molar-refractivity contribution in [3.8, 4) is 6.07 Å². The maximum absolute atomic E-state index is 12.9. The van der Waals surface area contributed by atoms with Gasteiger partial charge in [-0.3, -0.25) is 14.4 Å². The molecule has 164 valence electrons. The number of fused-ring (bicyclic) bond motifs is 1. The number of rotatable bonds is 6. The molecule has 9 heteroatoms. The third-order valence-corrected chi connectivity index (χ3v) is 6.19. The van der Waals surface area contributed by atoms with Crippen molar-refractivity contribution in [3.05, 3.63) is 80.8 Å². The van der Waals surface area contributed by atoms with E-state index in [-0.39, 0.29) is 16.7 Å². The largest absolute Gasteiger partial charge is 0.454 e. The van der Waals surface area contributed by atoms with Gasteiger partial charge in [0.2, 0.25) is 0 Å². The van der Waals surface area contributed by atoms with Gasteiger partial charge in [-0.25, -0.2) is 14.7 Å². The number of carbonyl (C=O) groups is 4. The van der Waals surface area contributed by atoms with Crippen molar-refractivity contribution in [2.24, 2.45) is 0 Å². The van der Waals surface area contributed by atoms with E-state index < -0.39 is 36.1 Å². The molecule has 0 unspecified atom stereocenters. The van der Waals surface area contributed by atoms with Crippen LogP contribution >= 0.6 is 11.3 Å². The molecule has 1 aromatic heterocycles. The Kier molecular flexibility index (Phi) is 5.85. The summed E-state index contributed by atoms with van der Waals surface area (Å²) in [5.74, 6) is -3.59. The number of ketones is 1. The van der Waals surface area contributed by atoms with Gasteiger partial charge in [0.1, 0.15) is 5.01 Å². The fourth-order valence-electron chi connectivity index (χ4n) is 3.47. The molecular weight excluding hydrogens is 442 g/mol. The van der Waals surface area contributed by atoms with Gasteiger partial charge in [-0.15, -0.1) is 11.3 Å². The quantitative estimate of drug-likeness (QED) is 0.408. The molecule has 0 fully saturated rings. The minimum atomic E-state index is -1.13. The predicted octanol–water partition coefficient (Wildman–Crippen LogP) is 3.59. The highest BCUT2D eigenvalue weighted by molar-refractivity contribution is 7.09. The van der Waals surface area contributed by atoms with E-state index in [0.29, 0.717) is 16.4 Å². The second-order valence-corrected chi connectivity index (χ2v) is 8.31. The Morgan fingerprint density at radius 1 is 1.12 bits per heavy atom. The number of hydrogen-bond acceptors (Lipinski definition) is 8. The first-order valence-corrected chi connectivity index (χ1v) is 10.8. The first-order valence-electron chi connectivity index (χ1n) is 9.91. The number of aryl methyl sites for hydroxylation is 2. The number of hydrogen-bond donors (Lipinski definition) is 0. The number of aromatic nitrogens is 1. The lowest BCUT2D eigenvalue weighted by atomic mass is 10.1. The minimum absolute atomic E-state index is 0.0212. The highest BCUT2D eigenvalue weighted by Crippen LogP contribution is 2.31. The topological polar surface area (TPSA) is 117 Å². The number of nitrogens with zero attached hydrogens (tertiary/aromatic N) is 3. The molecule has 33 heavy (non-hydrogen) atoms. The first-order chi connectivity index (χ1) is 15.8. The third-order valence-electron chi connectivity index (χ3n) is 5.16. The van der Waals surface area contributed by atoms with Gasteiger partial charge < -0.3 is 4.74 Å². The second kappa shape index (κ2) is 8.76. The minimum Gasteiger partial charge on any atom is -0.454 e. The van der Waals surface area contributed by atoms with Crippen molar-refractivity contribution in [2.75, 3.05) is 11.5 Å². The van der Waals surface area contributed by atoms with Crippen LogP contribution in [0.25, 0.3) is 0 Å². The van der Waals surface area contributed by atoms with Gasteiger partial charge in [-0.05, 0) is 43.7 Å². The van der Waals surface area contributed by atoms with Crippen LogP contribution in [0.2, 0.25) is 0 Å². The Labute approximate surface area is 193 Å². The number of para-hydroxylation sites is 1. The SMILES string of the molecule is Cc1csc([C@@H](C#N)C(=O)COC(=O)c2ccc3c(c2)C(=O)N(c2ccccc2C)C3=O)n1. The lowest BCUT2D eigenvalue weighted by Crippen LogP contribution is -2.29. The Morgan fingerprint density at radius 3 is 2.52 bits per heavy atom. The summed E-state index contributed by atoms with van der Waals surface area (Å²) in [5.41, 5.74) is 2.20. The Balaban J connectivity index is 1.50. The lowest BCUT2D eigenvalue weighted by Gasteiger charge is -2.16. The van der Waals surface area contributed by atoms with Crippen LogP contribution in [0.3, 0.4) is 0 Å². The standard InChI is InChI=1S/C24H17N3O5S/c1-13-5-3-4-6-19(13)27-22(29)16-8-7-15(9-17(16)23(27)30)24(31)32-11-20(28)18(10-25)21-26-14(2)12-33-21/h3-9,12,18H,11H2,1-2H3/t18-/m0/s1. The molecule has 1 atom stereocenters. The summed E-state index contributed by atoms with van der Waals surface area (Å²) in [6, 6.07) is 12.9. The molecule has 1 aliphatic rings. The molecule has 0 saturated heterocycles. The molecule has 0 N–H and O–H groups in total. The van der Waals surface area contributed by atoms with E-state index >= 15 is 0 Å².